The summed E-state index contributed by atoms with van der Waals surface area (Å²) in [5.41, 5.74) is 3.67. The topological polar surface area (TPSA) is 127 Å². The third kappa shape index (κ3) is 6.84. The van der Waals surface area contributed by atoms with Gasteiger partial charge in [0.05, 0.1) is 19.5 Å². The summed E-state index contributed by atoms with van der Waals surface area (Å²) in [4.78, 5) is 14.5. The number of allylic oxidation sites excluding steroid dienone is 3. The van der Waals surface area contributed by atoms with E-state index in [-0.39, 0.29) is 12.5 Å². The molecule has 1 aromatic carbocycles. The maximum Gasteiger partial charge on any atom is 0.168 e. The number of hydrogen-bond donors (Lipinski definition) is 4. The average Bonchev–Trinajstić information content (AvgIpc) is 3.59. The van der Waals surface area contributed by atoms with Crippen molar-refractivity contribution >= 4 is 17.0 Å². The highest BCUT2D eigenvalue weighted by Gasteiger charge is 2.44. The Bertz CT molecular complexity index is 1400. The zero-order chi connectivity index (χ0) is 29.6. The van der Waals surface area contributed by atoms with Crippen LogP contribution >= 0.6 is 0 Å². The molecule has 1 aliphatic heterocycles. The molecule has 43 heavy (non-hydrogen) atoms. The number of nitrogens with zero attached hydrogens (tertiary/aromatic N) is 4. The molecule has 0 amide bonds. The molecule has 4 N–H and O–H groups in total. The van der Waals surface area contributed by atoms with Gasteiger partial charge in [0.15, 0.2) is 23.2 Å². The number of rotatable bonds is 12. The second kappa shape index (κ2) is 14.1. The Balaban J connectivity index is 1.29. The van der Waals surface area contributed by atoms with Crippen LogP contribution in [0.2, 0.25) is 0 Å². The van der Waals surface area contributed by atoms with Crippen molar-refractivity contribution in [1.82, 2.24) is 24.8 Å². The monoisotopic (exact) mass is 588 g/mol. The highest BCUT2D eigenvalue weighted by molar-refractivity contribution is 5.83. The summed E-state index contributed by atoms with van der Waals surface area (Å²) < 4.78 is 12.9. The van der Waals surface area contributed by atoms with Gasteiger partial charge in [-0.05, 0) is 49.3 Å². The molecule has 5 atom stereocenters. The maximum atomic E-state index is 10.9. The molecule has 0 bridgehead atoms. The molecule has 1 saturated heterocycles. The largest absolute Gasteiger partial charge is 0.387 e. The van der Waals surface area contributed by atoms with Crippen molar-refractivity contribution in [2.75, 3.05) is 32.1 Å². The fourth-order valence-corrected chi connectivity index (χ4v) is 6.59. The van der Waals surface area contributed by atoms with Crippen molar-refractivity contribution in [3.63, 3.8) is 0 Å². The Morgan fingerprint density at radius 2 is 1.91 bits per heavy atom. The lowest BCUT2D eigenvalue weighted by atomic mass is 9.88. The zero-order valence-corrected chi connectivity index (χ0v) is 24.9. The SMILES string of the molecule is COC[C@H]1O[C@@H](n2cnc3c(NCC(C4=CCCC=C4)c4ccccc4)nc(CNCC4CCCCC4)nc32)[C@H](O)[C@@H]1O. The molecular formula is C33H44N6O4. The third-order valence-electron chi connectivity index (χ3n) is 8.95. The van der Waals surface area contributed by atoms with Gasteiger partial charge in [0, 0.05) is 19.6 Å². The van der Waals surface area contributed by atoms with E-state index in [1.807, 2.05) is 6.07 Å². The Labute approximate surface area is 253 Å². The van der Waals surface area contributed by atoms with E-state index in [0.717, 1.165) is 19.4 Å². The Morgan fingerprint density at radius 3 is 2.67 bits per heavy atom. The number of aliphatic hydroxyl groups excluding tert-OH is 2. The van der Waals surface area contributed by atoms with Crippen molar-refractivity contribution < 1.29 is 19.7 Å². The van der Waals surface area contributed by atoms with Gasteiger partial charge < -0.3 is 30.3 Å². The fourth-order valence-electron chi connectivity index (χ4n) is 6.59. The van der Waals surface area contributed by atoms with E-state index in [1.54, 1.807) is 18.0 Å². The van der Waals surface area contributed by atoms with E-state index in [2.05, 4.69) is 58.1 Å². The van der Waals surface area contributed by atoms with Crippen LogP contribution in [0.3, 0.4) is 0 Å². The average molecular weight is 589 g/mol. The van der Waals surface area contributed by atoms with Crippen LogP contribution in [0, 0.1) is 5.92 Å². The number of ether oxygens (including phenoxy) is 2. The lowest BCUT2D eigenvalue weighted by Crippen LogP contribution is -2.33. The molecule has 1 unspecified atom stereocenters. The van der Waals surface area contributed by atoms with Gasteiger partial charge in [-0.3, -0.25) is 4.57 Å². The number of aromatic nitrogens is 4. The molecule has 3 aliphatic rings. The second-order valence-electron chi connectivity index (χ2n) is 12.0. The highest BCUT2D eigenvalue weighted by Crippen LogP contribution is 2.34. The maximum absolute atomic E-state index is 10.9. The van der Waals surface area contributed by atoms with E-state index < -0.39 is 24.5 Å². The number of methoxy groups -OCH3 is 1. The van der Waals surface area contributed by atoms with Gasteiger partial charge in [0.25, 0.3) is 0 Å². The summed E-state index contributed by atoms with van der Waals surface area (Å²) in [5, 5.41) is 28.7. The number of imidazole rings is 1. The third-order valence-corrected chi connectivity index (χ3v) is 8.95. The van der Waals surface area contributed by atoms with E-state index >= 15 is 0 Å². The number of anilines is 1. The van der Waals surface area contributed by atoms with Crippen molar-refractivity contribution in [3.05, 3.63) is 71.8 Å². The Kier molecular flexibility index (Phi) is 9.80. The normalized spacial score (nSPS) is 25.2. The first kappa shape index (κ1) is 29.9. The van der Waals surface area contributed by atoms with Gasteiger partial charge in [0.1, 0.15) is 24.1 Å². The molecule has 2 fully saturated rings. The second-order valence-corrected chi connectivity index (χ2v) is 12.0. The summed E-state index contributed by atoms with van der Waals surface area (Å²) in [5.74, 6) is 2.11. The first-order valence-electron chi connectivity index (χ1n) is 15.7. The minimum atomic E-state index is -1.15. The van der Waals surface area contributed by atoms with Gasteiger partial charge in [-0.1, -0.05) is 67.8 Å². The molecule has 2 aliphatic carbocycles. The first-order chi connectivity index (χ1) is 21.1. The van der Waals surface area contributed by atoms with Gasteiger partial charge in [-0.15, -0.1) is 0 Å². The lowest BCUT2D eigenvalue weighted by molar-refractivity contribution is -0.0580. The minimum absolute atomic E-state index is 0.141. The van der Waals surface area contributed by atoms with Crippen LogP contribution < -0.4 is 10.6 Å². The van der Waals surface area contributed by atoms with Crippen molar-refractivity contribution in [1.29, 1.82) is 0 Å². The van der Waals surface area contributed by atoms with Crippen LogP contribution in [-0.4, -0.2) is 74.9 Å². The van der Waals surface area contributed by atoms with Crippen LogP contribution in [0.25, 0.3) is 11.2 Å². The fraction of sp³-hybridized carbons (Fsp3) is 0.545. The molecule has 3 heterocycles. The molecule has 0 spiro atoms. The van der Waals surface area contributed by atoms with E-state index in [4.69, 9.17) is 19.4 Å². The summed E-state index contributed by atoms with van der Waals surface area (Å²) in [7, 11) is 1.54. The summed E-state index contributed by atoms with van der Waals surface area (Å²) in [6.45, 7) is 2.26. The van der Waals surface area contributed by atoms with Crippen molar-refractivity contribution in [3.8, 4) is 0 Å². The Hall–Kier alpha value is -3.15. The van der Waals surface area contributed by atoms with Crippen LogP contribution in [0.1, 0.15) is 68.5 Å². The van der Waals surface area contributed by atoms with Crippen LogP contribution in [0.15, 0.2) is 60.5 Å². The van der Waals surface area contributed by atoms with E-state index in [9.17, 15) is 10.2 Å². The number of nitrogens with one attached hydrogen (secondary N) is 2. The lowest BCUT2D eigenvalue weighted by Gasteiger charge is -2.23. The molecule has 1 saturated carbocycles. The molecule has 3 aromatic rings. The van der Waals surface area contributed by atoms with Crippen LogP contribution in [-0.2, 0) is 16.0 Å². The van der Waals surface area contributed by atoms with Gasteiger partial charge >= 0.3 is 0 Å². The standard InChI is InChI=1S/C33H44N6O4/c1-42-20-26-29(40)30(41)33(43-26)39-21-36-28-31(37-27(38-32(28)39)19-34-17-22-11-5-2-6-12-22)35-18-25(23-13-7-3-8-14-23)24-15-9-4-10-16-24/h3,7-9,13-16,21-22,25-26,29-30,33-34,40-41H,2,4-6,10-12,17-20H2,1H3,(H,35,37,38)/t25?,26-,29-,30-,33-/m1/s1. The number of aliphatic hydroxyl groups is 2. The van der Waals surface area contributed by atoms with Gasteiger partial charge in [-0.25, -0.2) is 15.0 Å². The summed E-state index contributed by atoms with van der Waals surface area (Å²) in [6.07, 6.45) is 13.2. The van der Waals surface area contributed by atoms with E-state index in [0.29, 0.717) is 41.8 Å². The number of fused-ring (bicyclic) bond motifs is 1. The van der Waals surface area contributed by atoms with Crippen molar-refractivity contribution in [2.24, 2.45) is 5.92 Å². The molecule has 0 radical (unpaired) electrons. The smallest absolute Gasteiger partial charge is 0.168 e. The minimum Gasteiger partial charge on any atom is -0.387 e. The first-order valence-corrected chi connectivity index (χ1v) is 15.7. The molecule has 6 rings (SSSR count). The van der Waals surface area contributed by atoms with Crippen LogP contribution in [0.4, 0.5) is 5.82 Å². The number of hydrogen-bond acceptors (Lipinski definition) is 9. The molecule has 10 nitrogen and oxygen atoms in total. The molecule has 2 aromatic heterocycles. The predicted molar refractivity (Wildman–Crippen MR) is 166 cm³/mol. The summed E-state index contributed by atoms with van der Waals surface area (Å²) in [6, 6.07) is 10.5. The van der Waals surface area contributed by atoms with Crippen LogP contribution in [0.5, 0.6) is 0 Å². The molecular weight excluding hydrogens is 544 g/mol. The quantitative estimate of drug-likeness (QED) is 0.246. The van der Waals surface area contributed by atoms with Crippen molar-refractivity contribution in [2.45, 2.75) is 81.9 Å². The molecule has 230 valence electrons. The zero-order valence-electron chi connectivity index (χ0n) is 24.9. The predicted octanol–water partition coefficient (Wildman–Crippen LogP) is 4.23. The summed E-state index contributed by atoms with van der Waals surface area (Å²) >= 11 is 0. The van der Waals surface area contributed by atoms with Gasteiger partial charge in [-0.2, -0.15) is 0 Å². The number of benzene rings is 1. The Morgan fingerprint density at radius 1 is 1.07 bits per heavy atom. The van der Waals surface area contributed by atoms with E-state index in [1.165, 1.54) is 43.2 Å². The molecule has 10 heteroatoms. The van der Waals surface area contributed by atoms with Gasteiger partial charge in [0.2, 0.25) is 0 Å². The highest BCUT2D eigenvalue weighted by atomic mass is 16.6.